The molecule has 2 aliphatic carbocycles. The van der Waals surface area contributed by atoms with Crippen molar-refractivity contribution in [2.24, 2.45) is 11.8 Å². The Morgan fingerprint density at radius 3 is 2.50 bits per heavy atom. The first-order chi connectivity index (χ1) is 18.7. The molecule has 10 heteroatoms. The maximum absolute atomic E-state index is 14.9. The molecular formula is C30H29F4NO5. The average Bonchev–Trinajstić information content (AvgIpc) is 3.44. The lowest BCUT2D eigenvalue weighted by molar-refractivity contribution is -0.139. The molecule has 0 bridgehead atoms. The van der Waals surface area contributed by atoms with Gasteiger partial charge in [-0.1, -0.05) is 6.07 Å². The van der Waals surface area contributed by atoms with Crippen molar-refractivity contribution < 1.29 is 42.0 Å². The highest BCUT2D eigenvalue weighted by molar-refractivity contribution is 5.78. The summed E-state index contributed by atoms with van der Waals surface area (Å²) < 4.78 is 68.0. The molecule has 5 rings (SSSR count). The van der Waals surface area contributed by atoms with E-state index in [0.717, 1.165) is 17.2 Å². The number of carboxylic acid groups (broad SMARTS) is 1. The van der Waals surface area contributed by atoms with Crippen LogP contribution >= 0.6 is 0 Å². The van der Waals surface area contributed by atoms with Gasteiger partial charge in [-0.15, -0.1) is 0 Å². The molecule has 3 unspecified atom stereocenters. The van der Waals surface area contributed by atoms with Gasteiger partial charge in [-0.05, 0) is 85.2 Å². The highest BCUT2D eigenvalue weighted by Crippen LogP contribution is 2.61. The second-order valence-electron chi connectivity index (χ2n) is 11.1. The second-order valence-corrected chi connectivity index (χ2v) is 11.1. The van der Waals surface area contributed by atoms with E-state index in [9.17, 15) is 32.6 Å². The van der Waals surface area contributed by atoms with E-state index in [-0.39, 0.29) is 47.6 Å². The van der Waals surface area contributed by atoms with Gasteiger partial charge in [-0.3, -0.25) is 4.79 Å². The number of ether oxygens (including phenoxy) is 2. The Morgan fingerprint density at radius 2 is 1.85 bits per heavy atom. The maximum atomic E-state index is 14.9. The standard InChI is InChI=1S/C30H29F4NO5/c1-15-8-18(39-7-6-29(2,3)38)4-5-19(15)20-10-17(24(31)12-23(20)30(32,33)34)14-40-25-11-16-9-21-26(22(16)13-35-25)27(21)28(36)37/h4-5,8,10-13,21,26-27,38H,6-7,9,14H2,1-3H3,(H,36,37). The van der Waals surface area contributed by atoms with Crippen LogP contribution in [0.4, 0.5) is 17.6 Å². The largest absolute Gasteiger partial charge is 0.493 e. The zero-order chi connectivity index (χ0) is 29.0. The van der Waals surface area contributed by atoms with Gasteiger partial charge >= 0.3 is 12.1 Å². The molecular weight excluding hydrogens is 530 g/mol. The van der Waals surface area contributed by atoms with Crippen molar-refractivity contribution in [3.05, 3.63) is 76.2 Å². The van der Waals surface area contributed by atoms with Crippen molar-refractivity contribution in [2.75, 3.05) is 6.61 Å². The number of fused-ring (bicyclic) bond motifs is 3. The predicted molar refractivity (Wildman–Crippen MR) is 138 cm³/mol. The number of carbonyl (C=O) groups is 1. The van der Waals surface area contributed by atoms with E-state index in [0.29, 0.717) is 30.2 Å². The lowest BCUT2D eigenvalue weighted by atomic mass is 9.93. The number of hydrogen-bond acceptors (Lipinski definition) is 5. The molecule has 0 radical (unpaired) electrons. The Balaban J connectivity index is 1.37. The van der Waals surface area contributed by atoms with Crippen LogP contribution in [0.3, 0.4) is 0 Å². The molecule has 40 heavy (non-hydrogen) atoms. The molecule has 0 aliphatic heterocycles. The zero-order valence-corrected chi connectivity index (χ0v) is 22.2. The summed E-state index contributed by atoms with van der Waals surface area (Å²) in [4.78, 5) is 15.5. The first-order valence-electron chi connectivity index (χ1n) is 12.9. The van der Waals surface area contributed by atoms with E-state index in [1.165, 1.54) is 6.07 Å². The highest BCUT2D eigenvalue weighted by atomic mass is 19.4. The van der Waals surface area contributed by atoms with Crippen LogP contribution in [0.2, 0.25) is 0 Å². The molecule has 2 aromatic carbocycles. The van der Waals surface area contributed by atoms with Gasteiger partial charge in [0.1, 0.15) is 18.2 Å². The Labute approximate surface area is 228 Å². The first-order valence-corrected chi connectivity index (χ1v) is 12.9. The molecule has 2 aliphatic rings. The van der Waals surface area contributed by atoms with Gasteiger partial charge in [-0.2, -0.15) is 13.2 Å². The maximum Gasteiger partial charge on any atom is 0.417 e. The number of aliphatic hydroxyl groups is 1. The molecule has 3 atom stereocenters. The number of nitrogens with zero attached hydrogens (tertiary/aromatic N) is 1. The summed E-state index contributed by atoms with van der Waals surface area (Å²) in [6.45, 7) is 4.83. The number of alkyl halides is 3. The third-order valence-electron chi connectivity index (χ3n) is 7.61. The number of aryl methyl sites for hydroxylation is 1. The van der Waals surface area contributed by atoms with Crippen LogP contribution in [-0.4, -0.2) is 33.4 Å². The minimum absolute atomic E-state index is 0.0426. The number of hydrogen-bond donors (Lipinski definition) is 2. The molecule has 0 spiro atoms. The molecule has 6 nitrogen and oxygen atoms in total. The second kappa shape index (κ2) is 10.1. The summed E-state index contributed by atoms with van der Waals surface area (Å²) >= 11 is 0. The number of halogens is 4. The molecule has 1 saturated carbocycles. The lowest BCUT2D eigenvalue weighted by Crippen LogP contribution is -2.21. The van der Waals surface area contributed by atoms with Crippen molar-refractivity contribution in [3.8, 4) is 22.8 Å². The van der Waals surface area contributed by atoms with Crippen molar-refractivity contribution in [1.29, 1.82) is 0 Å². The van der Waals surface area contributed by atoms with Crippen molar-refractivity contribution >= 4 is 5.97 Å². The Morgan fingerprint density at radius 1 is 1.10 bits per heavy atom. The molecule has 2 N–H and O–H groups in total. The van der Waals surface area contributed by atoms with E-state index in [1.807, 2.05) is 0 Å². The fraction of sp³-hybridized carbons (Fsp3) is 0.400. The van der Waals surface area contributed by atoms with Crippen molar-refractivity contribution in [1.82, 2.24) is 4.98 Å². The van der Waals surface area contributed by atoms with Gasteiger partial charge < -0.3 is 19.7 Å². The minimum atomic E-state index is -4.79. The van der Waals surface area contributed by atoms with Crippen LogP contribution in [0.1, 0.15) is 54.0 Å². The Hall–Kier alpha value is -3.66. The van der Waals surface area contributed by atoms with Crippen LogP contribution in [-0.2, 0) is 24.0 Å². The van der Waals surface area contributed by atoms with Crippen molar-refractivity contribution in [2.45, 2.75) is 57.9 Å². The number of pyridine rings is 1. The topological polar surface area (TPSA) is 88.9 Å². The van der Waals surface area contributed by atoms with Gasteiger partial charge in [0.2, 0.25) is 5.88 Å². The molecule has 212 valence electrons. The van der Waals surface area contributed by atoms with Gasteiger partial charge in [0.15, 0.2) is 0 Å². The summed E-state index contributed by atoms with van der Waals surface area (Å²) in [5, 5.41) is 19.1. The Kier molecular flexibility index (Phi) is 7.02. The minimum Gasteiger partial charge on any atom is -0.493 e. The molecule has 0 amide bonds. The van der Waals surface area contributed by atoms with Crippen LogP contribution in [0.25, 0.3) is 11.1 Å². The fourth-order valence-electron chi connectivity index (χ4n) is 5.47. The van der Waals surface area contributed by atoms with Gasteiger partial charge in [0, 0.05) is 30.2 Å². The third-order valence-corrected chi connectivity index (χ3v) is 7.61. The molecule has 3 aromatic rings. The summed E-state index contributed by atoms with van der Waals surface area (Å²) in [5.41, 5.74) is 0.299. The third kappa shape index (κ3) is 5.63. The summed E-state index contributed by atoms with van der Waals surface area (Å²) in [7, 11) is 0. The molecule has 1 heterocycles. The number of benzene rings is 2. The number of aromatic nitrogens is 1. The molecule has 0 saturated heterocycles. The average molecular weight is 560 g/mol. The van der Waals surface area contributed by atoms with Crippen molar-refractivity contribution in [3.63, 3.8) is 0 Å². The van der Waals surface area contributed by atoms with Gasteiger partial charge in [0.25, 0.3) is 0 Å². The summed E-state index contributed by atoms with van der Waals surface area (Å²) in [5.74, 6) is -1.63. The smallest absolute Gasteiger partial charge is 0.417 e. The number of rotatable bonds is 9. The van der Waals surface area contributed by atoms with Crippen LogP contribution in [0.15, 0.2) is 42.6 Å². The van der Waals surface area contributed by atoms with Gasteiger partial charge in [0.05, 0.1) is 23.7 Å². The van der Waals surface area contributed by atoms with E-state index < -0.39 is 35.0 Å². The van der Waals surface area contributed by atoms with Crippen LogP contribution in [0.5, 0.6) is 11.6 Å². The molecule has 1 fully saturated rings. The monoisotopic (exact) mass is 559 g/mol. The van der Waals surface area contributed by atoms with E-state index in [2.05, 4.69) is 4.98 Å². The number of carboxylic acids is 1. The quantitative estimate of drug-likeness (QED) is 0.299. The van der Waals surface area contributed by atoms with Crippen LogP contribution in [0, 0.1) is 24.6 Å². The predicted octanol–water partition coefficient (Wildman–Crippen LogP) is 6.30. The zero-order valence-electron chi connectivity index (χ0n) is 22.2. The van der Waals surface area contributed by atoms with E-state index in [4.69, 9.17) is 9.47 Å². The van der Waals surface area contributed by atoms with E-state index >= 15 is 0 Å². The highest BCUT2D eigenvalue weighted by Gasteiger charge is 2.60. The van der Waals surface area contributed by atoms with Crippen LogP contribution < -0.4 is 9.47 Å². The first kappa shape index (κ1) is 27.9. The summed E-state index contributed by atoms with van der Waals surface area (Å²) in [6, 6.07) is 7.96. The van der Waals surface area contributed by atoms with Gasteiger partial charge in [-0.25, -0.2) is 9.37 Å². The summed E-state index contributed by atoms with van der Waals surface area (Å²) in [6.07, 6.45) is -2.26. The molecule has 1 aromatic heterocycles. The normalized spacial score (nSPS) is 19.6. The fourth-order valence-corrected chi connectivity index (χ4v) is 5.47. The Bertz CT molecular complexity index is 1460. The number of aliphatic carboxylic acids is 1. The lowest BCUT2D eigenvalue weighted by Gasteiger charge is -2.19. The van der Waals surface area contributed by atoms with E-state index in [1.54, 1.807) is 45.2 Å². The SMILES string of the molecule is Cc1cc(OCCC(C)(C)O)ccc1-c1cc(COc2cc3c(cn2)C2C(C3)C2C(=O)O)c(F)cc1C(F)(F)F.